The molecule has 172 valence electrons. The minimum Gasteiger partial charge on any atom is -0.493 e. The summed E-state index contributed by atoms with van der Waals surface area (Å²) < 4.78 is 13.2. The molecule has 0 unspecified atom stereocenters. The van der Waals surface area contributed by atoms with Crippen molar-refractivity contribution in [1.29, 1.82) is 0 Å². The number of hydrogen-bond acceptors (Lipinski definition) is 5. The van der Waals surface area contributed by atoms with Gasteiger partial charge in [-0.2, -0.15) is 4.99 Å². The lowest BCUT2D eigenvalue weighted by molar-refractivity contribution is -0.115. The second-order valence-corrected chi connectivity index (χ2v) is 9.89. The average molecular weight is 602 g/mol. The Balaban J connectivity index is 1.51. The quantitative estimate of drug-likeness (QED) is 0.340. The number of carbonyl (C=O) groups excluding carboxylic acids is 2. The molecule has 1 heterocycles. The van der Waals surface area contributed by atoms with Crippen molar-refractivity contribution in [2.75, 3.05) is 7.11 Å². The summed E-state index contributed by atoms with van der Waals surface area (Å²) in [5.41, 5.74) is 2.19. The molecule has 0 aromatic heterocycles. The first-order valence-electron chi connectivity index (χ1n) is 10.1. The topological polar surface area (TPSA) is 77.0 Å². The number of amides is 2. The zero-order valence-corrected chi connectivity index (χ0v) is 21.9. The summed E-state index contributed by atoms with van der Waals surface area (Å²) in [4.78, 5) is 29.2. The fraction of sp³-hybridized carbons (Fsp3) is 0.0800. The van der Waals surface area contributed by atoms with E-state index < -0.39 is 5.91 Å². The maximum atomic E-state index is 12.5. The van der Waals surface area contributed by atoms with Crippen molar-refractivity contribution in [1.82, 2.24) is 5.32 Å². The standard InChI is InChI=1S/C25H18Br2N2O4S/c1-32-20-11-17(19(27)13-21(20)33-14-15-7-9-18(26)10-8-15)12-22-24(31)29-25(34-22)28-23(30)16-5-3-2-4-6-16/h2-13H,14H2,1H3,(H,28,29,30,31)/b22-12-. The van der Waals surface area contributed by atoms with Gasteiger partial charge in [-0.1, -0.05) is 62.2 Å². The summed E-state index contributed by atoms with van der Waals surface area (Å²) in [7, 11) is 1.56. The minimum absolute atomic E-state index is 0.239. The molecule has 4 rings (SSSR count). The Bertz CT molecular complexity index is 1290. The van der Waals surface area contributed by atoms with Gasteiger partial charge in [-0.25, -0.2) is 0 Å². The van der Waals surface area contributed by atoms with Gasteiger partial charge in [-0.3, -0.25) is 9.59 Å². The van der Waals surface area contributed by atoms with E-state index in [0.29, 0.717) is 28.6 Å². The summed E-state index contributed by atoms with van der Waals surface area (Å²) in [5.74, 6) is 0.355. The fourth-order valence-corrected chi connectivity index (χ4v) is 4.55. The predicted molar refractivity (Wildman–Crippen MR) is 141 cm³/mol. The Hall–Kier alpha value is -2.88. The Labute approximate surface area is 217 Å². The van der Waals surface area contributed by atoms with Crippen LogP contribution in [-0.2, 0) is 11.4 Å². The molecule has 0 spiro atoms. The van der Waals surface area contributed by atoms with Crippen LogP contribution in [0.4, 0.5) is 0 Å². The van der Waals surface area contributed by atoms with E-state index in [-0.39, 0.29) is 11.1 Å². The van der Waals surface area contributed by atoms with E-state index in [1.54, 1.807) is 49.6 Å². The smallest absolute Gasteiger partial charge is 0.279 e. The second-order valence-electron chi connectivity index (χ2n) is 7.09. The molecule has 0 bridgehead atoms. The number of halogens is 2. The maximum Gasteiger partial charge on any atom is 0.279 e. The number of methoxy groups -OCH3 is 1. The molecule has 3 aromatic rings. The highest BCUT2D eigenvalue weighted by Gasteiger charge is 2.25. The van der Waals surface area contributed by atoms with Crippen LogP contribution in [0.3, 0.4) is 0 Å². The molecule has 3 aromatic carbocycles. The van der Waals surface area contributed by atoms with E-state index in [1.807, 2.05) is 30.3 Å². The molecule has 1 fully saturated rings. The van der Waals surface area contributed by atoms with Gasteiger partial charge in [0.05, 0.1) is 12.0 Å². The van der Waals surface area contributed by atoms with Crippen LogP contribution >= 0.6 is 43.6 Å². The van der Waals surface area contributed by atoms with Gasteiger partial charge in [0.1, 0.15) is 6.61 Å². The normalized spacial score (nSPS) is 15.4. The van der Waals surface area contributed by atoms with Crippen LogP contribution in [0.5, 0.6) is 11.5 Å². The van der Waals surface area contributed by atoms with Crippen molar-refractivity contribution in [3.63, 3.8) is 0 Å². The number of amidine groups is 1. The minimum atomic E-state index is -0.417. The number of carbonyl (C=O) groups is 2. The molecular formula is C25H18Br2N2O4S. The molecule has 0 radical (unpaired) electrons. The molecule has 0 aliphatic carbocycles. The van der Waals surface area contributed by atoms with E-state index in [9.17, 15) is 9.59 Å². The first-order valence-corrected chi connectivity index (χ1v) is 12.5. The number of thioether (sulfide) groups is 1. The Morgan fingerprint density at radius 3 is 2.50 bits per heavy atom. The molecule has 2 amide bonds. The Morgan fingerprint density at radius 1 is 1.06 bits per heavy atom. The van der Waals surface area contributed by atoms with E-state index in [2.05, 4.69) is 42.2 Å². The van der Waals surface area contributed by atoms with Crippen LogP contribution in [0.2, 0.25) is 0 Å². The van der Waals surface area contributed by atoms with Crippen molar-refractivity contribution >= 4 is 66.7 Å². The lowest BCUT2D eigenvalue weighted by atomic mass is 10.2. The molecular weight excluding hydrogens is 584 g/mol. The Morgan fingerprint density at radius 2 is 1.79 bits per heavy atom. The molecule has 1 saturated heterocycles. The highest BCUT2D eigenvalue weighted by molar-refractivity contribution is 9.10. The van der Waals surface area contributed by atoms with Gasteiger partial charge in [0.2, 0.25) is 0 Å². The van der Waals surface area contributed by atoms with Crippen LogP contribution < -0.4 is 14.8 Å². The average Bonchev–Trinajstić information content (AvgIpc) is 3.18. The van der Waals surface area contributed by atoms with Crippen molar-refractivity contribution < 1.29 is 19.1 Å². The zero-order valence-electron chi connectivity index (χ0n) is 17.9. The van der Waals surface area contributed by atoms with E-state index in [4.69, 9.17) is 9.47 Å². The van der Waals surface area contributed by atoms with Gasteiger partial charge in [0.25, 0.3) is 11.8 Å². The molecule has 34 heavy (non-hydrogen) atoms. The van der Waals surface area contributed by atoms with E-state index in [1.165, 1.54) is 0 Å². The number of aliphatic imine (C=N–C) groups is 1. The molecule has 9 heteroatoms. The van der Waals surface area contributed by atoms with Crippen LogP contribution in [0.25, 0.3) is 6.08 Å². The van der Waals surface area contributed by atoms with Crippen molar-refractivity contribution in [2.45, 2.75) is 6.61 Å². The molecule has 1 aliphatic heterocycles. The van der Waals surface area contributed by atoms with Gasteiger partial charge >= 0.3 is 0 Å². The largest absolute Gasteiger partial charge is 0.493 e. The number of rotatable bonds is 6. The van der Waals surface area contributed by atoms with Crippen molar-refractivity contribution in [3.05, 3.63) is 97.3 Å². The number of ether oxygens (including phenoxy) is 2. The third-order valence-corrected chi connectivity index (χ3v) is 6.88. The summed E-state index contributed by atoms with van der Waals surface area (Å²) in [6.07, 6.45) is 1.71. The van der Waals surface area contributed by atoms with Crippen LogP contribution in [0.15, 0.2) is 85.6 Å². The van der Waals surface area contributed by atoms with Gasteiger partial charge in [-0.05, 0) is 65.4 Å². The number of nitrogens with zero attached hydrogens (tertiary/aromatic N) is 1. The highest BCUT2D eigenvalue weighted by atomic mass is 79.9. The highest BCUT2D eigenvalue weighted by Crippen LogP contribution is 2.37. The molecule has 1 aliphatic rings. The molecule has 1 N–H and O–H groups in total. The number of nitrogens with one attached hydrogen (secondary N) is 1. The molecule has 0 atom stereocenters. The fourth-order valence-electron chi connectivity index (χ4n) is 3.03. The second kappa shape index (κ2) is 11.0. The van der Waals surface area contributed by atoms with Gasteiger partial charge in [0, 0.05) is 14.5 Å². The lowest BCUT2D eigenvalue weighted by Gasteiger charge is -2.13. The number of benzene rings is 3. The first-order chi connectivity index (χ1) is 16.4. The van der Waals surface area contributed by atoms with Gasteiger partial charge < -0.3 is 14.8 Å². The zero-order chi connectivity index (χ0) is 24.1. The van der Waals surface area contributed by atoms with E-state index >= 15 is 0 Å². The first kappa shape index (κ1) is 24.3. The summed E-state index contributed by atoms with van der Waals surface area (Å²) in [6, 6.07) is 20.1. The van der Waals surface area contributed by atoms with Crippen LogP contribution in [0, 0.1) is 0 Å². The van der Waals surface area contributed by atoms with Gasteiger partial charge in [0.15, 0.2) is 16.7 Å². The van der Waals surface area contributed by atoms with Crippen molar-refractivity contribution in [2.24, 2.45) is 4.99 Å². The van der Waals surface area contributed by atoms with Gasteiger partial charge in [-0.15, -0.1) is 0 Å². The summed E-state index contributed by atoms with van der Waals surface area (Å²) in [6.45, 7) is 0.379. The number of hydrogen-bond donors (Lipinski definition) is 1. The SMILES string of the molecule is COc1cc(/C=C2\SC(=NC(=O)c3ccccc3)NC2=O)c(Br)cc1OCc1ccc(Br)cc1. The van der Waals surface area contributed by atoms with E-state index in [0.717, 1.165) is 31.8 Å². The maximum absolute atomic E-state index is 12.5. The third kappa shape index (κ3) is 5.97. The monoisotopic (exact) mass is 600 g/mol. The molecule has 0 saturated carbocycles. The van der Waals surface area contributed by atoms with Crippen LogP contribution in [-0.4, -0.2) is 24.1 Å². The Kier molecular flexibility index (Phi) is 7.87. The predicted octanol–water partition coefficient (Wildman–Crippen LogP) is 6.20. The summed E-state index contributed by atoms with van der Waals surface area (Å²) >= 11 is 8.07. The lowest BCUT2D eigenvalue weighted by Crippen LogP contribution is -2.20. The summed E-state index contributed by atoms with van der Waals surface area (Å²) in [5, 5.41) is 2.88. The van der Waals surface area contributed by atoms with Crippen LogP contribution in [0.1, 0.15) is 21.5 Å². The third-order valence-electron chi connectivity index (χ3n) is 4.75. The van der Waals surface area contributed by atoms with Crippen molar-refractivity contribution in [3.8, 4) is 11.5 Å². The molecule has 6 nitrogen and oxygen atoms in total.